The van der Waals surface area contributed by atoms with Gasteiger partial charge in [0.15, 0.2) is 5.69 Å². The third kappa shape index (κ3) is 5.83. The highest BCUT2D eigenvalue weighted by Crippen LogP contribution is 2.31. The summed E-state index contributed by atoms with van der Waals surface area (Å²) >= 11 is 0. The number of anilines is 1. The third-order valence-electron chi connectivity index (χ3n) is 7.16. The number of esters is 2. The molecule has 0 radical (unpaired) electrons. The largest absolute Gasteiger partial charge is 0.494 e. The van der Waals surface area contributed by atoms with Gasteiger partial charge >= 0.3 is 11.9 Å². The lowest BCUT2D eigenvalue weighted by atomic mass is 10.1. The normalized spacial score (nSPS) is 13.0. The van der Waals surface area contributed by atoms with Crippen LogP contribution in [0.2, 0.25) is 0 Å². The molecule has 0 atom stereocenters. The Hall–Kier alpha value is -5.12. The zero-order chi connectivity index (χ0) is 29.6. The van der Waals surface area contributed by atoms with Gasteiger partial charge in [-0.05, 0) is 61.5 Å². The zero-order valence-corrected chi connectivity index (χ0v) is 23.8. The molecule has 3 aromatic carbocycles. The highest BCUT2D eigenvalue weighted by atomic mass is 16.5. The fraction of sp³-hybridized carbons (Fsp3) is 0.250. The van der Waals surface area contributed by atoms with E-state index in [1.165, 1.54) is 7.11 Å². The summed E-state index contributed by atoms with van der Waals surface area (Å²) in [7, 11) is 2.92. The Morgan fingerprint density at radius 3 is 2.12 bits per heavy atom. The quantitative estimate of drug-likeness (QED) is 0.287. The molecule has 42 heavy (non-hydrogen) atoms. The summed E-state index contributed by atoms with van der Waals surface area (Å²) in [4.78, 5) is 41.3. The number of benzene rings is 3. The highest BCUT2D eigenvalue weighted by Gasteiger charge is 2.24. The molecule has 0 N–H and O–H groups in total. The van der Waals surface area contributed by atoms with E-state index < -0.39 is 11.9 Å². The molecule has 0 spiro atoms. The fourth-order valence-corrected chi connectivity index (χ4v) is 4.94. The number of ether oxygens (including phenoxy) is 3. The van der Waals surface area contributed by atoms with E-state index in [4.69, 9.17) is 14.2 Å². The first-order valence-corrected chi connectivity index (χ1v) is 13.7. The minimum atomic E-state index is -0.490. The number of hydrogen-bond donors (Lipinski definition) is 0. The van der Waals surface area contributed by atoms with Crippen LogP contribution in [0.25, 0.3) is 16.9 Å². The second-order valence-electron chi connectivity index (χ2n) is 9.61. The molecule has 5 rings (SSSR count). The minimum Gasteiger partial charge on any atom is -0.494 e. The molecule has 10 nitrogen and oxygen atoms in total. The molecule has 1 aliphatic heterocycles. The molecule has 10 heteroatoms. The van der Waals surface area contributed by atoms with Crippen molar-refractivity contribution in [2.75, 3.05) is 51.9 Å². The predicted molar refractivity (Wildman–Crippen MR) is 157 cm³/mol. The lowest BCUT2D eigenvalue weighted by Gasteiger charge is -2.36. The number of amides is 1. The van der Waals surface area contributed by atoms with E-state index >= 15 is 0 Å². The van der Waals surface area contributed by atoms with Gasteiger partial charge in [-0.15, -0.1) is 0 Å². The van der Waals surface area contributed by atoms with Crippen LogP contribution in [0.15, 0.2) is 78.9 Å². The van der Waals surface area contributed by atoms with Crippen LogP contribution in [-0.4, -0.2) is 79.5 Å². The number of rotatable bonds is 8. The molecule has 0 unspecified atom stereocenters. The van der Waals surface area contributed by atoms with Crippen LogP contribution in [0.4, 0.5) is 5.69 Å². The summed E-state index contributed by atoms with van der Waals surface area (Å²) in [6, 6.07) is 23.8. The molecule has 0 saturated carbocycles. The molecule has 0 bridgehead atoms. The number of carbonyl (C=O) groups is 3. The summed E-state index contributed by atoms with van der Waals surface area (Å²) < 4.78 is 17.2. The average molecular weight is 569 g/mol. The molecule has 1 aliphatic rings. The smallest absolute Gasteiger partial charge is 0.358 e. The molecule has 1 saturated heterocycles. The maximum atomic E-state index is 13.0. The van der Waals surface area contributed by atoms with Gasteiger partial charge in [0.05, 0.1) is 32.1 Å². The molecule has 2 heterocycles. The lowest BCUT2D eigenvalue weighted by Crippen LogP contribution is -2.48. The lowest BCUT2D eigenvalue weighted by molar-refractivity contribution is 0.0517. The maximum Gasteiger partial charge on any atom is 0.358 e. The van der Waals surface area contributed by atoms with Crippen LogP contribution >= 0.6 is 0 Å². The van der Waals surface area contributed by atoms with E-state index in [9.17, 15) is 14.4 Å². The number of para-hydroxylation sites is 2. The van der Waals surface area contributed by atoms with E-state index in [0.29, 0.717) is 48.7 Å². The number of piperazine rings is 1. The Morgan fingerprint density at radius 1 is 0.810 bits per heavy atom. The Bertz CT molecular complexity index is 1570. The monoisotopic (exact) mass is 568 g/mol. The van der Waals surface area contributed by atoms with Crippen LogP contribution in [-0.2, 0) is 9.47 Å². The summed E-state index contributed by atoms with van der Waals surface area (Å²) in [6.07, 6.45) is 0. The summed E-state index contributed by atoms with van der Waals surface area (Å²) in [6.45, 7) is 4.51. The van der Waals surface area contributed by atoms with Gasteiger partial charge in [0.1, 0.15) is 11.4 Å². The van der Waals surface area contributed by atoms with Gasteiger partial charge in [-0.25, -0.2) is 14.3 Å². The van der Waals surface area contributed by atoms with Crippen molar-refractivity contribution in [3.05, 3.63) is 95.7 Å². The number of carbonyl (C=O) groups excluding carboxylic acids is 3. The predicted octanol–water partition coefficient (Wildman–Crippen LogP) is 4.47. The first kappa shape index (κ1) is 28.4. The second-order valence-corrected chi connectivity index (χ2v) is 9.61. The van der Waals surface area contributed by atoms with Gasteiger partial charge in [0.2, 0.25) is 0 Å². The number of nitrogens with zero attached hydrogens (tertiary/aromatic N) is 4. The fourth-order valence-electron chi connectivity index (χ4n) is 4.94. The van der Waals surface area contributed by atoms with Crippen LogP contribution in [0.5, 0.6) is 5.75 Å². The standard InChI is InChI=1S/C32H32N4O6/c1-4-42-32(39)26-21-28(36(33-26)27-7-5-6-8-29(27)40-2)22-13-15-25(16-14-22)34-17-19-35(20-18-34)30(37)23-9-11-24(12-10-23)31(38)41-3/h5-16,21H,4,17-20H2,1-3H3. The molecule has 1 fully saturated rings. The highest BCUT2D eigenvalue weighted by molar-refractivity contribution is 5.96. The van der Waals surface area contributed by atoms with Crippen LogP contribution in [0, 0.1) is 0 Å². The van der Waals surface area contributed by atoms with Crippen molar-refractivity contribution in [1.82, 2.24) is 14.7 Å². The van der Waals surface area contributed by atoms with Gasteiger partial charge in [0.25, 0.3) is 5.91 Å². The van der Waals surface area contributed by atoms with Gasteiger partial charge in [-0.2, -0.15) is 5.10 Å². The van der Waals surface area contributed by atoms with E-state index in [-0.39, 0.29) is 18.2 Å². The Labute approximate surface area is 244 Å². The number of aromatic nitrogens is 2. The van der Waals surface area contributed by atoms with Gasteiger partial charge < -0.3 is 24.0 Å². The van der Waals surface area contributed by atoms with Crippen molar-refractivity contribution in [3.63, 3.8) is 0 Å². The van der Waals surface area contributed by atoms with Crippen LogP contribution in [0.1, 0.15) is 38.1 Å². The van der Waals surface area contributed by atoms with E-state index in [1.54, 1.807) is 49.0 Å². The van der Waals surface area contributed by atoms with E-state index in [1.807, 2.05) is 53.4 Å². The molecule has 1 aromatic heterocycles. The minimum absolute atomic E-state index is 0.0663. The molecule has 0 aliphatic carbocycles. The molecule has 216 valence electrons. The average Bonchev–Trinajstić information content (AvgIpc) is 3.50. The Balaban J connectivity index is 1.31. The first-order valence-electron chi connectivity index (χ1n) is 13.7. The summed E-state index contributed by atoms with van der Waals surface area (Å²) in [5, 5.41) is 4.56. The van der Waals surface area contributed by atoms with Gasteiger partial charge in [-0.3, -0.25) is 4.79 Å². The van der Waals surface area contributed by atoms with Crippen molar-refractivity contribution in [3.8, 4) is 22.7 Å². The maximum absolute atomic E-state index is 13.0. The summed E-state index contributed by atoms with van der Waals surface area (Å²) in [5.41, 5.74) is 4.49. The molecular formula is C32H32N4O6. The zero-order valence-electron chi connectivity index (χ0n) is 23.8. The molecule has 1 amide bonds. The van der Waals surface area contributed by atoms with Crippen molar-refractivity contribution >= 4 is 23.5 Å². The van der Waals surface area contributed by atoms with Gasteiger partial charge in [0, 0.05) is 43.0 Å². The van der Waals surface area contributed by atoms with Gasteiger partial charge in [-0.1, -0.05) is 24.3 Å². The van der Waals surface area contributed by atoms with Crippen LogP contribution in [0.3, 0.4) is 0 Å². The van der Waals surface area contributed by atoms with Crippen molar-refractivity contribution in [2.45, 2.75) is 6.92 Å². The third-order valence-corrected chi connectivity index (χ3v) is 7.16. The van der Waals surface area contributed by atoms with E-state index in [2.05, 4.69) is 10.00 Å². The number of hydrogen-bond acceptors (Lipinski definition) is 8. The first-order chi connectivity index (χ1) is 20.4. The molecule has 4 aromatic rings. The molecular weight excluding hydrogens is 536 g/mol. The van der Waals surface area contributed by atoms with Crippen LogP contribution < -0.4 is 9.64 Å². The Kier molecular flexibility index (Phi) is 8.52. The topological polar surface area (TPSA) is 103 Å². The second kappa shape index (κ2) is 12.6. The van der Waals surface area contributed by atoms with Crippen molar-refractivity contribution in [2.24, 2.45) is 0 Å². The Morgan fingerprint density at radius 2 is 1.48 bits per heavy atom. The number of methoxy groups -OCH3 is 2. The van der Waals surface area contributed by atoms with Crippen molar-refractivity contribution in [1.29, 1.82) is 0 Å². The van der Waals surface area contributed by atoms with Crippen molar-refractivity contribution < 1.29 is 28.6 Å². The SMILES string of the molecule is CCOC(=O)c1cc(-c2ccc(N3CCN(C(=O)c4ccc(C(=O)OC)cc4)CC3)cc2)n(-c2ccccc2OC)n1. The summed E-state index contributed by atoms with van der Waals surface area (Å²) in [5.74, 6) is -0.364. The van der Waals surface area contributed by atoms with E-state index in [0.717, 1.165) is 16.9 Å².